The molecule has 1 heterocycles. The van der Waals surface area contributed by atoms with Gasteiger partial charge in [-0.05, 0) is 12.1 Å². The fraction of sp³-hybridized carbons (Fsp3) is 0.364. The van der Waals surface area contributed by atoms with Crippen molar-refractivity contribution in [2.24, 2.45) is 0 Å². The Kier molecular flexibility index (Phi) is 4.13. The lowest BCUT2D eigenvalue weighted by Gasteiger charge is -2.04. The Balaban J connectivity index is 2.86. The largest absolute Gasteiger partial charge is 0.433 e. The first-order valence-corrected chi connectivity index (χ1v) is 7.41. The predicted molar refractivity (Wildman–Crippen MR) is 58.4 cm³/mol. The summed E-state index contributed by atoms with van der Waals surface area (Å²) in [5.74, 6) is 5.60. The molecule has 0 amide bonds. The van der Waals surface area contributed by atoms with Gasteiger partial charge in [0.2, 0.25) is 0 Å². The Morgan fingerprint density at radius 3 is 2.62 bits per heavy atom. The van der Waals surface area contributed by atoms with Crippen molar-refractivity contribution in [3.8, 4) is 11.8 Å². The van der Waals surface area contributed by atoms with E-state index in [9.17, 15) is 13.2 Å². The second-order valence-electron chi connectivity index (χ2n) is 3.61. The molecule has 0 fully saturated rings. The summed E-state index contributed by atoms with van der Waals surface area (Å²) >= 11 is 0. The smallest absolute Gasteiger partial charge is 0.252 e. The van der Waals surface area contributed by atoms with Crippen LogP contribution in [0.4, 0.5) is 13.2 Å². The van der Waals surface area contributed by atoms with E-state index in [0.717, 1.165) is 18.3 Å². The van der Waals surface area contributed by atoms with E-state index in [1.165, 1.54) is 6.07 Å². The Labute approximate surface area is 94.3 Å². The van der Waals surface area contributed by atoms with Crippen molar-refractivity contribution < 1.29 is 13.2 Å². The fourth-order valence-corrected chi connectivity index (χ4v) is 1.43. The summed E-state index contributed by atoms with van der Waals surface area (Å²) in [5.41, 5.74) is -0.525. The number of aromatic nitrogens is 1. The van der Waals surface area contributed by atoms with Crippen molar-refractivity contribution in [3.05, 3.63) is 29.6 Å². The maximum absolute atomic E-state index is 12.3. The summed E-state index contributed by atoms with van der Waals surface area (Å²) in [7, 11) is -0.454. The van der Waals surface area contributed by atoms with Gasteiger partial charge in [0, 0.05) is 17.8 Å². The van der Waals surface area contributed by atoms with Crippen LogP contribution in [0.3, 0.4) is 0 Å². The molecule has 0 saturated carbocycles. The zero-order valence-corrected chi connectivity index (χ0v) is 10.0. The second kappa shape index (κ2) is 5.17. The van der Waals surface area contributed by atoms with Gasteiger partial charge in [-0.1, -0.05) is 19.0 Å². The van der Waals surface area contributed by atoms with Gasteiger partial charge in [0.1, 0.15) is 5.69 Å². The average molecular weight is 242 g/mol. The van der Waals surface area contributed by atoms with Gasteiger partial charge in [0.15, 0.2) is 0 Å². The van der Waals surface area contributed by atoms with E-state index < -0.39 is 20.7 Å². The topological polar surface area (TPSA) is 12.9 Å². The van der Waals surface area contributed by atoms with Crippen LogP contribution in [0.15, 0.2) is 18.3 Å². The molecular formula is C11H11F3NSi. The molecule has 1 aromatic heterocycles. The van der Waals surface area contributed by atoms with Crippen LogP contribution in [0.2, 0.25) is 19.1 Å². The number of hydrogen-bond donors (Lipinski definition) is 0. The minimum absolute atomic E-state index is 0.366. The monoisotopic (exact) mass is 242 g/mol. The van der Waals surface area contributed by atoms with Crippen LogP contribution >= 0.6 is 0 Å². The molecule has 0 spiro atoms. The van der Waals surface area contributed by atoms with Crippen molar-refractivity contribution in [2.45, 2.75) is 25.3 Å². The van der Waals surface area contributed by atoms with Gasteiger partial charge in [-0.3, -0.25) is 4.98 Å². The normalized spacial score (nSPS) is 11.1. The summed E-state index contributed by atoms with van der Waals surface area (Å²) in [4.78, 5) is 3.27. The Hall–Kier alpha value is -1.28. The third kappa shape index (κ3) is 4.07. The van der Waals surface area contributed by atoms with Crippen LogP contribution in [0.25, 0.3) is 0 Å². The minimum atomic E-state index is -4.40. The molecule has 0 aromatic carbocycles. The third-order valence-corrected chi connectivity index (χ3v) is 2.61. The van der Waals surface area contributed by atoms with Crippen molar-refractivity contribution >= 4 is 8.80 Å². The molecule has 0 unspecified atom stereocenters. The van der Waals surface area contributed by atoms with E-state index in [-0.39, 0.29) is 0 Å². The summed E-state index contributed by atoms with van der Waals surface area (Å²) in [5, 5.41) is 0. The summed E-state index contributed by atoms with van der Waals surface area (Å²) in [6.07, 6.45) is -3.27. The number of rotatable bonds is 1. The van der Waals surface area contributed by atoms with Crippen molar-refractivity contribution in [1.29, 1.82) is 0 Å². The van der Waals surface area contributed by atoms with Gasteiger partial charge in [-0.15, -0.1) is 5.92 Å². The Morgan fingerprint density at radius 1 is 1.38 bits per heavy atom. The molecule has 16 heavy (non-hydrogen) atoms. The lowest BCUT2D eigenvalue weighted by Crippen LogP contribution is -2.07. The molecule has 1 nitrogen and oxygen atoms in total. The highest BCUT2D eigenvalue weighted by Gasteiger charge is 2.32. The Morgan fingerprint density at radius 2 is 2.06 bits per heavy atom. The van der Waals surface area contributed by atoms with Gasteiger partial charge in [0.25, 0.3) is 0 Å². The minimum Gasteiger partial charge on any atom is -0.252 e. The van der Waals surface area contributed by atoms with E-state index in [2.05, 4.69) is 29.9 Å². The maximum atomic E-state index is 12.3. The molecule has 0 aliphatic carbocycles. The molecule has 0 N–H and O–H groups in total. The van der Waals surface area contributed by atoms with Crippen LogP contribution < -0.4 is 0 Å². The molecule has 85 valence electrons. The van der Waals surface area contributed by atoms with Gasteiger partial charge in [-0.2, -0.15) is 13.2 Å². The number of pyridine rings is 1. The standard InChI is InChI=1S/C11H11F3NSi/c1-16(2)7-3-4-9-5-6-15-10(8-9)11(12,13)14/h5-6,8H,7H2,1-2H3. The maximum Gasteiger partial charge on any atom is 0.433 e. The van der Waals surface area contributed by atoms with E-state index in [1.54, 1.807) is 0 Å². The quantitative estimate of drug-likeness (QED) is 0.544. The molecule has 0 saturated heterocycles. The molecule has 1 aromatic rings. The fourth-order valence-electron chi connectivity index (χ4n) is 0.986. The molecule has 0 bridgehead atoms. The highest BCUT2D eigenvalue weighted by molar-refractivity contribution is 6.56. The van der Waals surface area contributed by atoms with Crippen LogP contribution in [-0.2, 0) is 6.18 Å². The first kappa shape index (κ1) is 12.8. The first-order valence-electron chi connectivity index (χ1n) is 4.71. The van der Waals surface area contributed by atoms with Crippen LogP contribution in [0.1, 0.15) is 11.3 Å². The van der Waals surface area contributed by atoms with E-state index in [0.29, 0.717) is 5.56 Å². The average Bonchev–Trinajstić information content (AvgIpc) is 2.16. The molecule has 1 rings (SSSR count). The van der Waals surface area contributed by atoms with Gasteiger partial charge in [-0.25, -0.2) is 0 Å². The lowest BCUT2D eigenvalue weighted by molar-refractivity contribution is -0.141. The van der Waals surface area contributed by atoms with Crippen LogP contribution in [-0.4, -0.2) is 13.8 Å². The Bertz CT molecular complexity index is 415. The highest BCUT2D eigenvalue weighted by Crippen LogP contribution is 2.27. The highest BCUT2D eigenvalue weighted by atomic mass is 28.3. The van der Waals surface area contributed by atoms with E-state index in [1.807, 2.05) is 0 Å². The first-order chi connectivity index (χ1) is 7.39. The van der Waals surface area contributed by atoms with E-state index >= 15 is 0 Å². The molecule has 0 atom stereocenters. The van der Waals surface area contributed by atoms with Gasteiger partial charge >= 0.3 is 6.18 Å². The zero-order valence-electron chi connectivity index (χ0n) is 9.02. The molecule has 1 radical (unpaired) electrons. The lowest BCUT2D eigenvalue weighted by atomic mass is 10.2. The van der Waals surface area contributed by atoms with Crippen LogP contribution in [0, 0.1) is 11.8 Å². The zero-order chi connectivity index (χ0) is 12.2. The number of nitrogens with zero attached hydrogens (tertiary/aromatic N) is 1. The van der Waals surface area contributed by atoms with Gasteiger partial charge in [0.05, 0.1) is 8.80 Å². The van der Waals surface area contributed by atoms with Crippen LogP contribution in [0.5, 0.6) is 0 Å². The summed E-state index contributed by atoms with van der Waals surface area (Å²) in [6.45, 7) is 4.21. The van der Waals surface area contributed by atoms with Crippen molar-refractivity contribution in [3.63, 3.8) is 0 Å². The number of halogens is 3. The summed E-state index contributed by atoms with van der Waals surface area (Å²) in [6, 6.07) is 3.24. The number of alkyl halides is 3. The SMILES string of the molecule is C[Si](C)CC#Cc1ccnc(C(F)(F)F)c1. The molecular weight excluding hydrogens is 231 g/mol. The molecule has 5 heteroatoms. The van der Waals surface area contributed by atoms with Gasteiger partial charge < -0.3 is 0 Å². The van der Waals surface area contributed by atoms with Crippen molar-refractivity contribution in [2.75, 3.05) is 0 Å². The predicted octanol–water partition coefficient (Wildman–Crippen LogP) is 3.21. The molecule has 0 aliphatic heterocycles. The molecule has 0 aliphatic rings. The third-order valence-electron chi connectivity index (χ3n) is 1.73. The second-order valence-corrected chi connectivity index (χ2v) is 6.38. The van der Waals surface area contributed by atoms with E-state index in [4.69, 9.17) is 0 Å². The van der Waals surface area contributed by atoms with Crippen molar-refractivity contribution in [1.82, 2.24) is 4.98 Å². The number of hydrogen-bond acceptors (Lipinski definition) is 1. The summed E-state index contributed by atoms with van der Waals surface area (Å²) < 4.78 is 36.9.